The molecule has 106 valence electrons. The van der Waals surface area contributed by atoms with Gasteiger partial charge in [-0.05, 0) is 36.9 Å². The second kappa shape index (κ2) is 5.80. The summed E-state index contributed by atoms with van der Waals surface area (Å²) in [7, 11) is 0. The molecule has 0 spiro atoms. The van der Waals surface area contributed by atoms with Crippen molar-refractivity contribution in [3.05, 3.63) is 54.4 Å². The van der Waals surface area contributed by atoms with Gasteiger partial charge in [-0.15, -0.1) is 0 Å². The number of hydrogen-bond donors (Lipinski definition) is 2. The highest BCUT2D eigenvalue weighted by Crippen LogP contribution is 2.32. The molecule has 0 radical (unpaired) electrons. The first-order valence-electron chi connectivity index (χ1n) is 6.59. The summed E-state index contributed by atoms with van der Waals surface area (Å²) in [5, 5.41) is 7.33. The molecule has 0 atom stereocenters. The first kappa shape index (κ1) is 13.4. The van der Waals surface area contributed by atoms with Gasteiger partial charge >= 0.3 is 0 Å². The van der Waals surface area contributed by atoms with Crippen LogP contribution in [0.1, 0.15) is 5.69 Å². The lowest BCUT2D eigenvalue weighted by molar-refractivity contribution is 0.628. The molecule has 0 unspecified atom stereocenters. The van der Waals surface area contributed by atoms with Gasteiger partial charge in [0.1, 0.15) is 12.1 Å². The lowest BCUT2D eigenvalue weighted by Crippen LogP contribution is -2.04. The summed E-state index contributed by atoms with van der Waals surface area (Å²) >= 11 is 0. The second-order valence-corrected chi connectivity index (χ2v) is 4.56. The monoisotopic (exact) mass is 283 g/mol. The highest BCUT2D eigenvalue weighted by atomic mass is 19.1. The maximum Gasteiger partial charge on any atom is 0.123 e. The van der Waals surface area contributed by atoms with Crippen LogP contribution in [-0.2, 0) is 6.42 Å². The average molecular weight is 283 g/mol. The summed E-state index contributed by atoms with van der Waals surface area (Å²) in [4.78, 5) is 8.21. The Morgan fingerprint density at radius 3 is 2.62 bits per heavy atom. The summed E-state index contributed by atoms with van der Waals surface area (Å²) in [6.07, 6.45) is 3.80. The van der Waals surface area contributed by atoms with E-state index in [4.69, 9.17) is 5.73 Å². The Morgan fingerprint density at radius 2 is 1.95 bits per heavy atom. The molecular weight excluding hydrogens is 269 g/mol. The normalized spacial score (nSPS) is 10.8. The number of rotatable bonds is 4. The van der Waals surface area contributed by atoms with Gasteiger partial charge in [0, 0.05) is 23.7 Å². The third-order valence-corrected chi connectivity index (χ3v) is 3.19. The minimum absolute atomic E-state index is 0.274. The zero-order chi connectivity index (χ0) is 14.7. The minimum atomic E-state index is -0.274. The molecule has 3 aromatic rings. The Labute approximate surface area is 121 Å². The number of aromatic amines is 1. The SMILES string of the molecule is NCCc1n[nH]c(-c2ccc(F)cc2)c1-c1ccncn1. The number of nitrogens with zero attached hydrogens (tertiary/aromatic N) is 3. The van der Waals surface area contributed by atoms with Crippen LogP contribution in [0, 0.1) is 5.82 Å². The first-order valence-corrected chi connectivity index (χ1v) is 6.59. The lowest BCUT2D eigenvalue weighted by Gasteiger charge is -2.05. The van der Waals surface area contributed by atoms with Crippen LogP contribution in [0.25, 0.3) is 22.5 Å². The molecule has 3 rings (SSSR count). The van der Waals surface area contributed by atoms with Crippen molar-refractivity contribution in [3.63, 3.8) is 0 Å². The summed E-state index contributed by atoms with van der Waals surface area (Å²) in [5.41, 5.74) is 9.78. The highest BCUT2D eigenvalue weighted by Gasteiger charge is 2.17. The Morgan fingerprint density at radius 1 is 1.14 bits per heavy atom. The molecule has 0 aliphatic heterocycles. The van der Waals surface area contributed by atoms with E-state index in [-0.39, 0.29) is 5.82 Å². The van der Waals surface area contributed by atoms with Crippen LogP contribution in [0.4, 0.5) is 4.39 Å². The molecule has 0 saturated carbocycles. The fourth-order valence-corrected chi connectivity index (χ4v) is 2.24. The first-order chi connectivity index (χ1) is 10.3. The van der Waals surface area contributed by atoms with Crippen molar-refractivity contribution >= 4 is 0 Å². The molecule has 3 N–H and O–H groups in total. The van der Waals surface area contributed by atoms with Crippen molar-refractivity contribution in [2.75, 3.05) is 6.54 Å². The molecule has 5 nitrogen and oxygen atoms in total. The predicted octanol–water partition coefficient (Wildman–Crippen LogP) is 2.17. The number of halogens is 1. The Balaban J connectivity index is 2.15. The van der Waals surface area contributed by atoms with Gasteiger partial charge in [0.05, 0.1) is 17.1 Å². The molecule has 0 fully saturated rings. The summed E-state index contributed by atoms with van der Waals surface area (Å²) in [5.74, 6) is -0.274. The van der Waals surface area contributed by atoms with Crippen LogP contribution in [-0.4, -0.2) is 26.7 Å². The molecule has 2 heterocycles. The molecule has 0 bridgehead atoms. The van der Waals surface area contributed by atoms with Gasteiger partial charge in [0.2, 0.25) is 0 Å². The van der Waals surface area contributed by atoms with E-state index in [2.05, 4.69) is 20.2 Å². The van der Waals surface area contributed by atoms with E-state index in [1.54, 1.807) is 18.3 Å². The number of nitrogens with one attached hydrogen (secondary N) is 1. The topological polar surface area (TPSA) is 80.5 Å². The molecule has 1 aromatic carbocycles. The van der Waals surface area contributed by atoms with Gasteiger partial charge in [-0.3, -0.25) is 5.10 Å². The maximum atomic E-state index is 13.1. The number of hydrogen-bond acceptors (Lipinski definition) is 4. The van der Waals surface area contributed by atoms with Crippen molar-refractivity contribution in [3.8, 4) is 22.5 Å². The van der Waals surface area contributed by atoms with Crippen LogP contribution < -0.4 is 5.73 Å². The largest absolute Gasteiger partial charge is 0.330 e. The van der Waals surface area contributed by atoms with Crippen molar-refractivity contribution in [2.24, 2.45) is 5.73 Å². The highest BCUT2D eigenvalue weighted by molar-refractivity contribution is 5.80. The zero-order valence-corrected chi connectivity index (χ0v) is 11.3. The molecule has 0 amide bonds. The zero-order valence-electron chi connectivity index (χ0n) is 11.3. The molecule has 2 aromatic heterocycles. The number of aromatic nitrogens is 4. The van der Waals surface area contributed by atoms with Gasteiger partial charge in [0.15, 0.2) is 0 Å². The summed E-state index contributed by atoms with van der Waals surface area (Å²) in [6.45, 7) is 0.492. The molecule has 0 aliphatic carbocycles. The molecule has 0 saturated heterocycles. The standard InChI is InChI=1S/C15H14FN5/c16-11-3-1-10(2-4-11)15-14(12-6-8-18-9-19-12)13(5-7-17)20-21-15/h1-4,6,8-9H,5,7,17H2,(H,20,21). The van der Waals surface area contributed by atoms with Crippen molar-refractivity contribution < 1.29 is 4.39 Å². The minimum Gasteiger partial charge on any atom is -0.330 e. The molecule has 6 heteroatoms. The smallest absolute Gasteiger partial charge is 0.123 e. The van der Waals surface area contributed by atoms with Crippen LogP contribution >= 0.6 is 0 Å². The predicted molar refractivity (Wildman–Crippen MR) is 77.8 cm³/mol. The number of H-pyrrole nitrogens is 1. The van der Waals surface area contributed by atoms with Crippen LogP contribution in [0.2, 0.25) is 0 Å². The fraction of sp³-hybridized carbons (Fsp3) is 0.133. The molecule has 21 heavy (non-hydrogen) atoms. The van der Waals surface area contributed by atoms with Crippen LogP contribution in [0.5, 0.6) is 0 Å². The van der Waals surface area contributed by atoms with Crippen molar-refractivity contribution in [1.29, 1.82) is 0 Å². The van der Waals surface area contributed by atoms with Crippen molar-refractivity contribution in [1.82, 2.24) is 20.2 Å². The Kier molecular flexibility index (Phi) is 3.70. The van der Waals surface area contributed by atoms with Gasteiger partial charge in [-0.1, -0.05) is 0 Å². The maximum absolute atomic E-state index is 13.1. The Bertz CT molecular complexity index is 722. The van der Waals surface area contributed by atoms with E-state index in [9.17, 15) is 4.39 Å². The molecular formula is C15H14FN5. The third kappa shape index (κ3) is 2.66. The van der Waals surface area contributed by atoms with Gasteiger partial charge in [-0.25, -0.2) is 14.4 Å². The lowest BCUT2D eigenvalue weighted by atomic mass is 10.0. The van der Waals surface area contributed by atoms with Gasteiger partial charge < -0.3 is 5.73 Å². The average Bonchev–Trinajstić information content (AvgIpc) is 2.93. The second-order valence-electron chi connectivity index (χ2n) is 4.56. The Hall–Kier alpha value is -2.60. The quantitative estimate of drug-likeness (QED) is 0.769. The van der Waals surface area contributed by atoms with Crippen LogP contribution in [0.15, 0.2) is 42.9 Å². The fourth-order valence-electron chi connectivity index (χ4n) is 2.24. The van der Waals surface area contributed by atoms with Gasteiger partial charge in [0.25, 0.3) is 0 Å². The van der Waals surface area contributed by atoms with E-state index in [0.29, 0.717) is 13.0 Å². The van der Waals surface area contributed by atoms with Crippen LogP contribution in [0.3, 0.4) is 0 Å². The summed E-state index contributed by atoms with van der Waals surface area (Å²) < 4.78 is 13.1. The molecule has 0 aliphatic rings. The number of benzene rings is 1. The number of nitrogens with two attached hydrogens (primary N) is 1. The van der Waals surface area contributed by atoms with E-state index in [1.165, 1.54) is 18.5 Å². The third-order valence-electron chi connectivity index (χ3n) is 3.19. The van der Waals surface area contributed by atoms with Crippen molar-refractivity contribution in [2.45, 2.75) is 6.42 Å². The summed E-state index contributed by atoms with van der Waals surface area (Å²) in [6, 6.07) is 8.07. The van der Waals surface area contributed by atoms with E-state index >= 15 is 0 Å². The van der Waals surface area contributed by atoms with E-state index in [1.807, 2.05) is 6.07 Å². The van der Waals surface area contributed by atoms with Gasteiger partial charge in [-0.2, -0.15) is 5.10 Å². The van der Waals surface area contributed by atoms with E-state index < -0.39 is 0 Å². The van der Waals surface area contributed by atoms with E-state index in [0.717, 1.165) is 28.2 Å².